The van der Waals surface area contributed by atoms with E-state index in [0.29, 0.717) is 21.1 Å². The van der Waals surface area contributed by atoms with Gasteiger partial charge in [-0.1, -0.05) is 18.2 Å². The van der Waals surface area contributed by atoms with Gasteiger partial charge >= 0.3 is 6.18 Å². The van der Waals surface area contributed by atoms with E-state index in [9.17, 15) is 18.0 Å². The van der Waals surface area contributed by atoms with E-state index in [1.807, 2.05) is 0 Å². The molecule has 1 amide bonds. The molecule has 6 rings (SSSR count). The Kier molecular flexibility index (Phi) is 4.14. The summed E-state index contributed by atoms with van der Waals surface area (Å²) in [6, 6.07) is 6.87. The van der Waals surface area contributed by atoms with Gasteiger partial charge in [0.15, 0.2) is 0 Å². The monoisotopic (exact) mass is 422 g/mol. The molecule has 2 bridgehead atoms. The van der Waals surface area contributed by atoms with E-state index in [1.165, 1.54) is 11.3 Å². The summed E-state index contributed by atoms with van der Waals surface area (Å²) in [5.41, 5.74) is -1.51. The second-order valence-electron chi connectivity index (χ2n) is 9.34. The largest absolute Gasteiger partial charge is 0.398 e. The van der Waals surface area contributed by atoms with Crippen LogP contribution in [0.2, 0.25) is 0 Å². The number of thiophene rings is 1. The Hall–Kier alpha value is -1.60. The first-order chi connectivity index (χ1) is 13.6. The molecule has 156 valence electrons. The van der Waals surface area contributed by atoms with Crippen molar-refractivity contribution in [2.45, 2.75) is 62.7 Å². The number of hydrogen-bond acceptors (Lipinski definition) is 3. The Balaban J connectivity index is 1.46. The van der Waals surface area contributed by atoms with Crippen molar-refractivity contribution in [3.05, 3.63) is 34.7 Å². The minimum absolute atomic E-state index is 0.0622. The summed E-state index contributed by atoms with van der Waals surface area (Å²) in [5.74, 6) is 0.296. The highest BCUT2D eigenvalue weighted by atomic mass is 32.1. The van der Waals surface area contributed by atoms with Crippen molar-refractivity contribution < 1.29 is 18.0 Å². The zero-order chi connectivity index (χ0) is 20.6. The van der Waals surface area contributed by atoms with Crippen LogP contribution in [0.1, 0.15) is 54.8 Å². The predicted molar refractivity (Wildman–Crippen MR) is 108 cm³/mol. The Labute approximate surface area is 172 Å². The molecule has 0 radical (unpaired) electrons. The van der Waals surface area contributed by atoms with Crippen molar-refractivity contribution in [2.24, 2.45) is 5.92 Å². The normalized spacial score (nSPS) is 29.8. The van der Waals surface area contributed by atoms with Crippen LogP contribution in [0.5, 0.6) is 0 Å². The van der Waals surface area contributed by atoms with Gasteiger partial charge in [0.2, 0.25) is 0 Å². The van der Waals surface area contributed by atoms with Crippen LogP contribution < -0.4 is 5.32 Å². The number of carbonyl (C=O) groups is 1. The molecule has 3 aliphatic heterocycles. The minimum Gasteiger partial charge on any atom is -0.346 e. The fraction of sp³-hybridized carbons (Fsp3) is 0.591. The topological polar surface area (TPSA) is 32.3 Å². The fourth-order valence-electron chi connectivity index (χ4n) is 5.47. The molecule has 1 aliphatic carbocycles. The molecule has 1 aromatic carbocycles. The molecule has 1 aromatic heterocycles. The maximum absolute atomic E-state index is 13.7. The fourth-order valence-corrected chi connectivity index (χ4v) is 6.65. The standard InChI is InChI=1S/C22H25F3N2OS/c1-20(2)18(13-6-10-27(20)11-7-13)26-19(28)16-12-14-4-3-5-15(17(14)29-16)21(8-9-21)22(23,24)25/h3-5,12-13,18H,6-11H2,1-2H3,(H,26,28)/t18-/m0/s1. The number of nitrogens with zero attached hydrogens (tertiary/aromatic N) is 1. The number of halogens is 3. The van der Waals surface area contributed by atoms with Gasteiger partial charge in [-0.2, -0.15) is 13.2 Å². The maximum Gasteiger partial charge on any atom is 0.398 e. The molecule has 3 saturated heterocycles. The molecule has 0 unspecified atom stereocenters. The summed E-state index contributed by atoms with van der Waals surface area (Å²) in [5, 5.41) is 3.95. The van der Waals surface area contributed by atoms with Gasteiger partial charge in [-0.25, -0.2) is 0 Å². The van der Waals surface area contributed by atoms with Gasteiger partial charge in [-0.05, 0) is 75.6 Å². The first-order valence-electron chi connectivity index (χ1n) is 10.3. The number of rotatable bonds is 3. The molecule has 4 aliphatic rings. The van der Waals surface area contributed by atoms with E-state index in [0.717, 1.165) is 31.3 Å². The average molecular weight is 423 g/mol. The lowest BCUT2D eigenvalue weighted by Gasteiger charge is -2.56. The number of piperidine rings is 3. The van der Waals surface area contributed by atoms with Gasteiger partial charge < -0.3 is 5.32 Å². The minimum atomic E-state index is -4.26. The summed E-state index contributed by atoms with van der Waals surface area (Å²) >= 11 is 1.20. The van der Waals surface area contributed by atoms with Crippen molar-refractivity contribution in [3.63, 3.8) is 0 Å². The second kappa shape index (κ2) is 6.20. The van der Waals surface area contributed by atoms with Gasteiger partial charge in [0.1, 0.15) is 0 Å². The van der Waals surface area contributed by atoms with Gasteiger partial charge in [0.05, 0.1) is 10.3 Å². The molecule has 1 N–H and O–H groups in total. The first kappa shape index (κ1) is 19.4. The molecular weight excluding hydrogens is 397 g/mol. The van der Waals surface area contributed by atoms with Crippen LogP contribution in [0.25, 0.3) is 10.1 Å². The van der Waals surface area contributed by atoms with E-state index in [-0.39, 0.29) is 30.3 Å². The Morgan fingerprint density at radius 3 is 2.48 bits per heavy atom. The highest BCUT2D eigenvalue weighted by Crippen LogP contribution is 2.60. The summed E-state index contributed by atoms with van der Waals surface area (Å²) in [6.07, 6.45) is -1.84. The maximum atomic E-state index is 13.7. The summed E-state index contributed by atoms with van der Waals surface area (Å²) in [7, 11) is 0. The molecule has 7 heteroatoms. The quantitative estimate of drug-likeness (QED) is 0.747. The summed E-state index contributed by atoms with van der Waals surface area (Å²) < 4.78 is 41.6. The SMILES string of the molecule is CC1(C)[C@@H](NC(=O)c2cc3cccc(C4(C(F)(F)F)CC4)c3s2)C2CCN1CC2. The van der Waals surface area contributed by atoms with Crippen LogP contribution in [0.4, 0.5) is 13.2 Å². The van der Waals surface area contributed by atoms with Crippen molar-refractivity contribution >= 4 is 27.3 Å². The molecule has 2 aromatic rings. The highest BCUT2D eigenvalue weighted by molar-refractivity contribution is 7.21. The zero-order valence-electron chi connectivity index (χ0n) is 16.6. The number of nitrogens with one attached hydrogen (secondary N) is 1. The summed E-state index contributed by atoms with van der Waals surface area (Å²) in [4.78, 5) is 16.0. The summed E-state index contributed by atoms with van der Waals surface area (Å²) in [6.45, 7) is 6.48. The molecule has 29 heavy (non-hydrogen) atoms. The first-order valence-corrected chi connectivity index (χ1v) is 11.1. The van der Waals surface area contributed by atoms with Crippen LogP contribution in [0, 0.1) is 5.92 Å². The lowest BCUT2D eigenvalue weighted by molar-refractivity contribution is -0.160. The molecule has 3 nitrogen and oxygen atoms in total. The average Bonchev–Trinajstić information content (AvgIpc) is 3.37. The lowest BCUT2D eigenvalue weighted by atomic mass is 9.72. The number of carbonyl (C=O) groups excluding carboxylic acids is 1. The lowest BCUT2D eigenvalue weighted by Crippen LogP contribution is -2.69. The molecule has 1 atom stereocenters. The van der Waals surface area contributed by atoms with Crippen LogP contribution in [0.3, 0.4) is 0 Å². The third-order valence-corrected chi connectivity index (χ3v) is 8.63. The van der Waals surface area contributed by atoms with Crippen molar-refractivity contribution in [2.75, 3.05) is 13.1 Å². The van der Waals surface area contributed by atoms with Gasteiger partial charge in [-0.3, -0.25) is 9.69 Å². The molecule has 1 saturated carbocycles. The number of benzene rings is 1. The number of amides is 1. The van der Waals surface area contributed by atoms with Crippen LogP contribution in [0.15, 0.2) is 24.3 Å². The zero-order valence-corrected chi connectivity index (χ0v) is 17.4. The molecule has 4 fully saturated rings. The van der Waals surface area contributed by atoms with Gasteiger partial charge in [0.25, 0.3) is 5.91 Å². The Bertz CT molecular complexity index is 968. The molecule has 4 heterocycles. The number of fused-ring (bicyclic) bond motifs is 4. The molecular formula is C22H25F3N2OS. The number of alkyl halides is 3. The van der Waals surface area contributed by atoms with Crippen LogP contribution in [-0.4, -0.2) is 41.7 Å². The van der Waals surface area contributed by atoms with Gasteiger partial charge in [0, 0.05) is 16.3 Å². The van der Waals surface area contributed by atoms with Crippen molar-refractivity contribution in [1.82, 2.24) is 10.2 Å². The Morgan fingerprint density at radius 2 is 1.90 bits per heavy atom. The predicted octanol–water partition coefficient (Wildman–Crippen LogP) is 5.10. The van der Waals surface area contributed by atoms with Crippen LogP contribution >= 0.6 is 11.3 Å². The van der Waals surface area contributed by atoms with Crippen molar-refractivity contribution in [3.8, 4) is 0 Å². The second-order valence-corrected chi connectivity index (χ2v) is 10.4. The van der Waals surface area contributed by atoms with E-state index >= 15 is 0 Å². The van der Waals surface area contributed by atoms with E-state index in [1.54, 1.807) is 24.3 Å². The Morgan fingerprint density at radius 1 is 1.21 bits per heavy atom. The van der Waals surface area contributed by atoms with Crippen molar-refractivity contribution in [1.29, 1.82) is 0 Å². The van der Waals surface area contributed by atoms with Crippen LogP contribution in [-0.2, 0) is 5.41 Å². The third kappa shape index (κ3) is 2.84. The number of hydrogen-bond donors (Lipinski definition) is 1. The molecule has 0 spiro atoms. The van der Waals surface area contributed by atoms with E-state index in [2.05, 4.69) is 24.1 Å². The van der Waals surface area contributed by atoms with Gasteiger partial charge in [-0.15, -0.1) is 11.3 Å². The third-order valence-electron chi connectivity index (χ3n) is 7.45. The van der Waals surface area contributed by atoms with E-state index in [4.69, 9.17) is 0 Å². The smallest absolute Gasteiger partial charge is 0.346 e. The highest BCUT2D eigenvalue weighted by Gasteiger charge is 2.64. The van der Waals surface area contributed by atoms with E-state index < -0.39 is 11.6 Å².